The molecule has 0 unspecified atom stereocenters. The van der Waals surface area contributed by atoms with E-state index in [4.69, 9.17) is 21.3 Å². The Balaban J connectivity index is 1.75. The van der Waals surface area contributed by atoms with Crippen molar-refractivity contribution in [2.24, 2.45) is 11.5 Å². The predicted molar refractivity (Wildman–Crippen MR) is 171 cm³/mol. The van der Waals surface area contributed by atoms with Gasteiger partial charge >= 0.3 is 7.82 Å². The van der Waals surface area contributed by atoms with Crippen LogP contribution in [0, 0.1) is 0 Å². The van der Waals surface area contributed by atoms with Crippen molar-refractivity contribution in [2.75, 3.05) is 13.1 Å². The van der Waals surface area contributed by atoms with Gasteiger partial charge in [-0.1, -0.05) is 42.5 Å². The van der Waals surface area contributed by atoms with Crippen LogP contribution in [0.3, 0.4) is 0 Å². The Bertz CT molecular complexity index is 1440. The molecule has 1 aliphatic heterocycles. The summed E-state index contributed by atoms with van der Waals surface area (Å²) in [5.74, 6) is -2.93. The fourth-order valence-corrected chi connectivity index (χ4v) is 5.78. The molecule has 15 nitrogen and oxygen atoms in total. The SMILES string of the molecule is CC(=O)N[C@@H](Cc1ccc(OP(=O)(O)O)cc1)C(=O)N[C@@H](CCCCN)C(=O)N1CCC[C@H]1C(=O)N[C@@H](Cc1ccccc1)C(N)=O. The minimum atomic E-state index is -4.76. The van der Waals surface area contributed by atoms with Gasteiger partial charge in [-0.25, -0.2) is 4.57 Å². The van der Waals surface area contributed by atoms with Crippen molar-refractivity contribution in [3.8, 4) is 5.75 Å². The van der Waals surface area contributed by atoms with Crippen LogP contribution in [-0.2, 0) is 41.4 Å². The van der Waals surface area contributed by atoms with E-state index in [9.17, 15) is 28.5 Å². The lowest BCUT2D eigenvalue weighted by molar-refractivity contribution is -0.142. The van der Waals surface area contributed by atoms with Crippen LogP contribution in [0.4, 0.5) is 0 Å². The number of nitrogens with two attached hydrogens (primary N) is 2. The third-order valence-corrected chi connectivity index (χ3v) is 8.07. The minimum absolute atomic E-state index is 0.00399. The topological polar surface area (TPSA) is 243 Å². The van der Waals surface area contributed by atoms with Crippen LogP contribution in [0.15, 0.2) is 54.6 Å². The second kappa shape index (κ2) is 17.6. The molecule has 2 aromatic carbocycles. The Morgan fingerprint density at radius 2 is 1.55 bits per heavy atom. The summed E-state index contributed by atoms with van der Waals surface area (Å²) in [6.45, 7) is 1.87. The molecule has 0 saturated carbocycles. The highest BCUT2D eigenvalue weighted by atomic mass is 31.2. The molecule has 1 fully saturated rings. The van der Waals surface area contributed by atoms with Crippen LogP contribution in [0.2, 0.25) is 0 Å². The zero-order valence-corrected chi connectivity index (χ0v) is 27.1. The molecule has 5 amide bonds. The largest absolute Gasteiger partial charge is 0.524 e. The van der Waals surface area contributed by atoms with Gasteiger partial charge in [0.05, 0.1) is 0 Å². The molecule has 4 atom stereocenters. The van der Waals surface area contributed by atoms with Gasteiger partial charge in [-0.05, 0) is 61.9 Å². The lowest BCUT2D eigenvalue weighted by Gasteiger charge is -2.30. The second-order valence-electron chi connectivity index (χ2n) is 11.4. The first-order chi connectivity index (χ1) is 22.3. The Kier molecular flexibility index (Phi) is 13.9. The summed E-state index contributed by atoms with van der Waals surface area (Å²) in [4.78, 5) is 84.4. The molecule has 0 radical (unpaired) electrons. The molecule has 256 valence electrons. The summed E-state index contributed by atoms with van der Waals surface area (Å²) < 4.78 is 15.7. The summed E-state index contributed by atoms with van der Waals surface area (Å²) in [6.07, 6.45) is 2.38. The van der Waals surface area contributed by atoms with Crippen molar-refractivity contribution in [2.45, 2.75) is 76.0 Å². The lowest BCUT2D eigenvalue weighted by atomic mass is 10.0. The fraction of sp³-hybridized carbons (Fsp3) is 0.452. The summed E-state index contributed by atoms with van der Waals surface area (Å²) in [6, 6.07) is 10.7. The molecule has 9 N–H and O–H groups in total. The number of amides is 5. The quantitative estimate of drug-likeness (QED) is 0.0876. The number of rotatable bonds is 17. The molecule has 3 rings (SSSR count). The van der Waals surface area contributed by atoms with Crippen LogP contribution < -0.4 is 31.9 Å². The van der Waals surface area contributed by atoms with Crippen LogP contribution in [0.25, 0.3) is 0 Å². The van der Waals surface area contributed by atoms with Gasteiger partial charge in [-0.2, -0.15) is 0 Å². The van der Waals surface area contributed by atoms with E-state index in [0.29, 0.717) is 37.8 Å². The average Bonchev–Trinajstić information content (AvgIpc) is 3.50. The Morgan fingerprint density at radius 1 is 0.915 bits per heavy atom. The molecule has 1 heterocycles. The van der Waals surface area contributed by atoms with Gasteiger partial charge in [0, 0.05) is 26.3 Å². The fourth-order valence-electron chi connectivity index (χ4n) is 5.38. The second-order valence-corrected chi connectivity index (χ2v) is 12.5. The van der Waals surface area contributed by atoms with Crippen molar-refractivity contribution in [3.05, 3.63) is 65.7 Å². The van der Waals surface area contributed by atoms with E-state index >= 15 is 0 Å². The van der Waals surface area contributed by atoms with Crippen molar-refractivity contribution in [1.29, 1.82) is 0 Å². The van der Waals surface area contributed by atoms with Gasteiger partial charge in [-0.15, -0.1) is 0 Å². The first kappa shape index (κ1) is 37.2. The number of nitrogens with zero attached hydrogens (tertiary/aromatic N) is 1. The summed E-state index contributed by atoms with van der Waals surface area (Å²) in [7, 11) is -4.76. The molecule has 0 aromatic heterocycles. The van der Waals surface area contributed by atoms with E-state index in [-0.39, 0.29) is 31.6 Å². The van der Waals surface area contributed by atoms with E-state index in [2.05, 4.69) is 20.5 Å². The minimum Gasteiger partial charge on any atom is -0.404 e. The van der Waals surface area contributed by atoms with E-state index in [1.165, 1.54) is 36.1 Å². The summed E-state index contributed by atoms with van der Waals surface area (Å²) in [5, 5.41) is 8.03. The first-order valence-corrected chi connectivity index (χ1v) is 16.9. The van der Waals surface area contributed by atoms with E-state index in [0.717, 1.165) is 5.56 Å². The number of primary amides is 1. The van der Waals surface area contributed by atoms with Crippen molar-refractivity contribution in [1.82, 2.24) is 20.9 Å². The molecule has 1 saturated heterocycles. The number of likely N-dealkylation sites (tertiary alicyclic amines) is 1. The number of hydrogen-bond acceptors (Lipinski definition) is 8. The predicted octanol–water partition coefficient (Wildman–Crippen LogP) is 0.0229. The van der Waals surface area contributed by atoms with Crippen molar-refractivity contribution < 1.29 is 42.8 Å². The zero-order chi connectivity index (χ0) is 34.6. The van der Waals surface area contributed by atoms with Crippen LogP contribution in [0.1, 0.15) is 50.2 Å². The monoisotopic (exact) mass is 674 g/mol. The van der Waals surface area contributed by atoms with Gasteiger partial charge in [0.25, 0.3) is 0 Å². The van der Waals surface area contributed by atoms with Crippen LogP contribution in [-0.4, -0.2) is 81.5 Å². The number of unbranched alkanes of at least 4 members (excludes halogenated alkanes) is 1. The molecular formula is C31H43N6O9P. The maximum absolute atomic E-state index is 13.9. The number of nitrogens with one attached hydrogen (secondary N) is 3. The molecule has 0 bridgehead atoms. The smallest absolute Gasteiger partial charge is 0.404 e. The standard InChI is InChI=1S/C31H43N6O9P/c1-20(38)34-26(19-22-12-14-23(15-13-22)46-47(43,44)45)29(40)35-24(10-5-6-16-32)31(42)37-17-7-11-27(37)30(41)36-25(28(33)39)18-21-8-3-2-4-9-21/h2-4,8-9,12-15,24-27H,5-7,10-11,16-19,32H2,1H3,(H2,33,39)(H,34,38)(H,35,40)(H,36,41)(H2,43,44,45)/t24-,25-,26-,27-/m0/s1. The van der Waals surface area contributed by atoms with Crippen LogP contribution in [0.5, 0.6) is 5.75 Å². The lowest BCUT2D eigenvalue weighted by Crippen LogP contribution is -2.58. The van der Waals surface area contributed by atoms with Gasteiger partial charge in [0.15, 0.2) is 0 Å². The zero-order valence-electron chi connectivity index (χ0n) is 26.2. The summed E-state index contributed by atoms with van der Waals surface area (Å²) in [5.41, 5.74) is 12.6. The average molecular weight is 675 g/mol. The van der Waals surface area contributed by atoms with E-state index in [1.807, 2.05) is 30.3 Å². The third-order valence-electron chi connectivity index (χ3n) is 7.62. The number of benzene rings is 2. The highest BCUT2D eigenvalue weighted by molar-refractivity contribution is 7.46. The van der Waals surface area contributed by atoms with Crippen LogP contribution >= 0.6 is 7.82 Å². The number of carbonyl (C=O) groups excluding carboxylic acids is 5. The highest BCUT2D eigenvalue weighted by Crippen LogP contribution is 2.37. The van der Waals surface area contributed by atoms with Crippen molar-refractivity contribution >= 4 is 37.4 Å². The molecule has 1 aliphatic rings. The third kappa shape index (κ3) is 12.1. The van der Waals surface area contributed by atoms with Crippen molar-refractivity contribution in [3.63, 3.8) is 0 Å². The summed E-state index contributed by atoms with van der Waals surface area (Å²) >= 11 is 0. The van der Waals surface area contributed by atoms with Gasteiger partial charge in [0.1, 0.15) is 29.9 Å². The highest BCUT2D eigenvalue weighted by Gasteiger charge is 2.39. The van der Waals surface area contributed by atoms with E-state index < -0.39 is 61.5 Å². The van der Waals surface area contributed by atoms with Gasteiger partial charge in [0.2, 0.25) is 29.5 Å². The Morgan fingerprint density at radius 3 is 2.15 bits per heavy atom. The maximum Gasteiger partial charge on any atom is 0.524 e. The molecule has 16 heteroatoms. The number of phosphoric ester groups is 1. The molecule has 0 spiro atoms. The molecule has 2 aromatic rings. The van der Waals surface area contributed by atoms with Gasteiger partial charge < -0.3 is 36.8 Å². The van der Waals surface area contributed by atoms with Gasteiger partial charge in [-0.3, -0.25) is 33.8 Å². The Hall–Kier alpha value is -4.30. The number of carbonyl (C=O) groups is 5. The first-order valence-electron chi connectivity index (χ1n) is 15.3. The molecule has 47 heavy (non-hydrogen) atoms. The number of hydrogen-bond donors (Lipinski definition) is 7. The maximum atomic E-state index is 13.9. The normalized spacial score (nSPS) is 16.4. The number of phosphoric acid groups is 1. The molecule has 0 aliphatic carbocycles. The Labute approximate surface area is 273 Å². The van der Waals surface area contributed by atoms with E-state index in [1.54, 1.807) is 0 Å². The molecular weight excluding hydrogens is 631 g/mol.